The van der Waals surface area contributed by atoms with Crippen molar-refractivity contribution < 1.29 is 9.90 Å². The van der Waals surface area contributed by atoms with Crippen LogP contribution >= 0.6 is 11.3 Å². The van der Waals surface area contributed by atoms with Crippen molar-refractivity contribution in [3.63, 3.8) is 0 Å². The van der Waals surface area contributed by atoms with Crippen LogP contribution in [0.15, 0.2) is 5.38 Å². The first-order valence-corrected chi connectivity index (χ1v) is 6.75. The van der Waals surface area contributed by atoms with E-state index >= 15 is 0 Å². The first-order chi connectivity index (χ1) is 8.56. The quantitative estimate of drug-likeness (QED) is 0.819. The highest BCUT2D eigenvalue weighted by Gasteiger charge is 2.13. The minimum absolute atomic E-state index is 0.0451. The Bertz CT molecular complexity index is 439. The van der Waals surface area contributed by atoms with Crippen LogP contribution in [0.1, 0.15) is 26.0 Å². The molecule has 0 fully saturated rings. The van der Waals surface area contributed by atoms with Gasteiger partial charge in [-0.25, -0.2) is 4.98 Å². The topological polar surface area (TPSA) is 77.2 Å². The highest BCUT2D eigenvalue weighted by atomic mass is 32.1. The summed E-state index contributed by atoms with van der Waals surface area (Å²) >= 11 is 1.50. The summed E-state index contributed by atoms with van der Waals surface area (Å²) in [6, 6.07) is 2.20. The van der Waals surface area contributed by atoms with E-state index in [1.807, 2.05) is 24.1 Å². The zero-order valence-electron chi connectivity index (χ0n) is 10.6. The molecule has 0 amide bonds. The van der Waals surface area contributed by atoms with Crippen molar-refractivity contribution in [2.75, 3.05) is 18.0 Å². The van der Waals surface area contributed by atoms with E-state index in [9.17, 15) is 4.79 Å². The summed E-state index contributed by atoms with van der Waals surface area (Å²) in [7, 11) is 0. The zero-order chi connectivity index (χ0) is 13.5. The van der Waals surface area contributed by atoms with Crippen molar-refractivity contribution in [2.45, 2.75) is 26.7 Å². The molecule has 18 heavy (non-hydrogen) atoms. The Morgan fingerprint density at radius 3 is 3.00 bits per heavy atom. The zero-order valence-corrected chi connectivity index (χ0v) is 11.4. The second kappa shape index (κ2) is 6.97. The summed E-state index contributed by atoms with van der Waals surface area (Å²) in [5.74, 6) is -0.855. The molecule has 0 spiro atoms. The number of nitriles is 1. The van der Waals surface area contributed by atoms with Crippen molar-refractivity contribution in [3.8, 4) is 6.07 Å². The number of carboxylic acids is 1. The summed E-state index contributed by atoms with van der Waals surface area (Å²) in [5.41, 5.74) is 0.806. The van der Waals surface area contributed by atoms with Crippen molar-refractivity contribution in [3.05, 3.63) is 11.1 Å². The van der Waals surface area contributed by atoms with Crippen LogP contribution in [0, 0.1) is 17.2 Å². The third-order valence-corrected chi connectivity index (χ3v) is 3.45. The van der Waals surface area contributed by atoms with Crippen LogP contribution in [0.5, 0.6) is 0 Å². The number of rotatable bonds is 7. The lowest BCUT2D eigenvalue weighted by Gasteiger charge is -2.20. The molecule has 0 aliphatic rings. The molecule has 0 saturated carbocycles. The largest absolute Gasteiger partial charge is 0.481 e. The van der Waals surface area contributed by atoms with Gasteiger partial charge in [0.05, 0.1) is 24.1 Å². The van der Waals surface area contributed by atoms with Crippen LogP contribution in [-0.2, 0) is 11.2 Å². The van der Waals surface area contributed by atoms with Gasteiger partial charge in [0.2, 0.25) is 0 Å². The van der Waals surface area contributed by atoms with Gasteiger partial charge in [-0.2, -0.15) is 5.26 Å². The number of anilines is 1. The number of aliphatic carboxylic acids is 1. The normalized spacial score (nSPS) is 11.8. The summed E-state index contributed by atoms with van der Waals surface area (Å²) < 4.78 is 0. The number of hydrogen-bond donors (Lipinski definition) is 1. The molecule has 1 atom stereocenters. The second-order valence-electron chi connectivity index (χ2n) is 4.08. The van der Waals surface area contributed by atoms with Crippen LogP contribution < -0.4 is 4.90 Å². The molecule has 0 aliphatic heterocycles. The van der Waals surface area contributed by atoms with E-state index in [-0.39, 0.29) is 12.3 Å². The summed E-state index contributed by atoms with van der Waals surface area (Å²) in [6.45, 7) is 5.33. The standard InChI is InChI=1S/C12H17N3O2S/c1-3-15(7-9(2)6-13)12-14-10(8-18-12)4-5-11(16)17/h8-9H,3-5,7H2,1-2H3,(H,16,17). The molecule has 1 N–H and O–H groups in total. The number of nitrogens with zero attached hydrogens (tertiary/aromatic N) is 3. The Balaban J connectivity index is 2.64. The Labute approximate surface area is 111 Å². The Kier molecular flexibility index (Phi) is 5.59. The number of hydrogen-bond acceptors (Lipinski definition) is 5. The molecule has 0 aliphatic carbocycles. The summed E-state index contributed by atoms with van der Waals surface area (Å²) in [6.07, 6.45) is 0.557. The van der Waals surface area contributed by atoms with Crippen molar-refractivity contribution in [1.29, 1.82) is 5.26 Å². The van der Waals surface area contributed by atoms with E-state index in [1.54, 1.807) is 0 Å². The maximum atomic E-state index is 10.5. The van der Waals surface area contributed by atoms with E-state index < -0.39 is 5.97 Å². The van der Waals surface area contributed by atoms with Gasteiger partial charge in [0.1, 0.15) is 0 Å². The molecule has 1 rings (SSSR count). The molecular formula is C12H17N3O2S. The van der Waals surface area contributed by atoms with E-state index in [1.165, 1.54) is 11.3 Å². The first-order valence-electron chi connectivity index (χ1n) is 5.87. The number of carbonyl (C=O) groups is 1. The molecule has 1 aromatic heterocycles. The third-order valence-electron chi connectivity index (χ3n) is 2.50. The molecule has 0 bridgehead atoms. The van der Waals surface area contributed by atoms with Crippen LogP contribution in [0.2, 0.25) is 0 Å². The van der Waals surface area contributed by atoms with E-state index in [2.05, 4.69) is 11.1 Å². The van der Waals surface area contributed by atoms with Gasteiger partial charge in [-0.15, -0.1) is 11.3 Å². The average Bonchev–Trinajstić information content (AvgIpc) is 2.81. The van der Waals surface area contributed by atoms with E-state index in [4.69, 9.17) is 10.4 Å². The molecule has 0 aromatic carbocycles. The molecule has 0 saturated heterocycles. The van der Waals surface area contributed by atoms with Crippen LogP contribution in [0.25, 0.3) is 0 Å². The lowest BCUT2D eigenvalue weighted by molar-refractivity contribution is -0.136. The predicted octanol–water partition coefficient (Wildman–Crippen LogP) is 2.15. The van der Waals surface area contributed by atoms with Gasteiger partial charge in [0.25, 0.3) is 0 Å². The lowest BCUT2D eigenvalue weighted by Crippen LogP contribution is -2.27. The monoisotopic (exact) mass is 267 g/mol. The molecule has 1 aromatic rings. The van der Waals surface area contributed by atoms with Gasteiger partial charge in [-0.3, -0.25) is 4.79 Å². The maximum Gasteiger partial charge on any atom is 0.303 e. The van der Waals surface area contributed by atoms with Gasteiger partial charge in [-0.05, 0) is 13.8 Å². The molecule has 6 heteroatoms. The van der Waals surface area contributed by atoms with Crippen LogP contribution in [-0.4, -0.2) is 29.1 Å². The Morgan fingerprint density at radius 1 is 1.72 bits per heavy atom. The lowest BCUT2D eigenvalue weighted by atomic mass is 10.2. The number of thiazole rings is 1. The predicted molar refractivity (Wildman–Crippen MR) is 70.7 cm³/mol. The van der Waals surface area contributed by atoms with Crippen LogP contribution in [0.4, 0.5) is 5.13 Å². The van der Waals surface area contributed by atoms with Gasteiger partial charge < -0.3 is 10.0 Å². The SMILES string of the molecule is CCN(CC(C)C#N)c1nc(CCC(=O)O)cs1. The molecule has 98 valence electrons. The molecule has 0 radical (unpaired) electrons. The summed E-state index contributed by atoms with van der Waals surface area (Å²) in [5, 5.41) is 20.2. The minimum atomic E-state index is -0.810. The van der Waals surface area contributed by atoms with Gasteiger partial charge in [-0.1, -0.05) is 0 Å². The number of aromatic nitrogens is 1. The summed E-state index contributed by atoms with van der Waals surface area (Å²) in [4.78, 5) is 16.9. The molecular weight excluding hydrogens is 250 g/mol. The highest BCUT2D eigenvalue weighted by molar-refractivity contribution is 7.13. The van der Waals surface area contributed by atoms with Crippen molar-refractivity contribution >= 4 is 22.4 Å². The second-order valence-corrected chi connectivity index (χ2v) is 4.92. The first kappa shape index (κ1) is 14.5. The molecule has 1 unspecified atom stereocenters. The maximum absolute atomic E-state index is 10.5. The fraction of sp³-hybridized carbons (Fsp3) is 0.583. The highest BCUT2D eigenvalue weighted by Crippen LogP contribution is 2.22. The van der Waals surface area contributed by atoms with Gasteiger partial charge in [0, 0.05) is 24.9 Å². The van der Waals surface area contributed by atoms with E-state index in [0.717, 1.165) is 17.4 Å². The Morgan fingerprint density at radius 2 is 2.44 bits per heavy atom. The Hall–Kier alpha value is -1.61. The van der Waals surface area contributed by atoms with Crippen LogP contribution in [0.3, 0.4) is 0 Å². The smallest absolute Gasteiger partial charge is 0.303 e. The minimum Gasteiger partial charge on any atom is -0.481 e. The molecule has 5 nitrogen and oxygen atoms in total. The van der Waals surface area contributed by atoms with Gasteiger partial charge >= 0.3 is 5.97 Å². The van der Waals surface area contributed by atoms with Gasteiger partial charge in [0.15, 0.2) is 5.13 Å². The molecule has 1 heterocycles. The fourth-order valence-electron chi connectivity index (χ4n) is 1.51. The van der Waals surface area contributed by atoms with E-state index in [0.29, 0.717) is 13.0 Å². The van der Waals surface area contributed by atoms with Crippen molar-refractivity contribution in [2.24, 2.45) is 5.92 Å². The fourth-order valence-corrected chi connectivity index (χ4v) is 2.44. The number of aryl methyl sites for hydroxylation is 1. The number of carboxylic acid groups (broad SMARTS) is 1. The third kappa shape index (κ3) is 4.34. The average molecular weight is 267 g/mol. The van der Waals surface area contributed by atoms with Crippen molar-refractivity contribution in [1.82, 2.24) is 4.98 Å².